The molecule has 2 aromatic rings. The fraction of sp³-hybridized carbons (Fsp3) is 0.273. The van der Waals surface area contributed by atoms with Gasteiger partial charge in [0.1, 0.15) is 11.5 Å². The van der Waals surface area contributed by atoms with Crippen molar-refractivity contribution in [2.24, 2.45) is 0 Å². The van der Waals surface area contributed by atoms with Gasteiger partial charge in [-0.15, -0.1) is 0 Å². The molecule has 0 aromatic heterocycles. The van der Waals surface area contributed by atoms with E-state index in [1.54, 1.807) is 12.1 Å². The second-order valence-electron chi connectivity index (χ2n) is 6.43. The molecule has 6 nitrogen and oxygen atoms in total. The van der Waals surface area contributed by atoms with Crippen molar-refractivity contribution in [3.63, 3.8) is 0 Å². The zero-order valence-corrected chi connectivity index (χ0v) is 16.3. The third kappa shape index (κ3) is 6.46. The van der Waals surface area contributed by atoms with Crippen LogP contribution in [0.4, 0.5) is 5.69 Å². The minimum atomic E-state index is -1.07. The van der Waals surface area contributed by atoms with E-state index in [1.807, 2.05) is 45.0 Å². The van der Waals surface area contributed by atoms with E-state index in [-0.39, 0.29) is 17.6 Å². The predicted molar refractivity (Wildman–Crippen MR) is 109 cm³/mol. The number of carbonyl (C=O) groups excluding carboxylic acids is 1. The number of nitrogens with one attached hydrogen (secondary N) is 1. The maximum absolute atomic E-state index is 12.3. The van der Waals surface area contributed by atoms with Gasteiger partial charge in [-0.3, -0.25) is 4.79 Å². The topological polar surface area (TPSA) is 84.9 Å². The molecule has 0 spiro atoms. The number of carboxylic acid groups (broad SMARTS) is 1. The van der Waals surface area contributed by atoms with Gasteiger partial charge < -0.3 is 19.9 Å². The Bertz CT molecular complexity index is 858. The highest BCUT2D eigenvalue weighted by Gasteiger charge is 2.11. The monoisotopic (exact) mass is 383 g/mol. The number of amides is 1. The summed E-state index contributed by atoms with van der Waals surface area (Å²) in [5, 5.41) is 11.9. The summed E-state index contributed by atoms with van der Waals surface area (Å²) in [5.41, 5.74) is 1.21. The number of carboxylic acids is 1. The average molecular weight is 383 g/mol. The third-order valence-electron chi connectivity index (χ3n) is 3.60. The van der Waals surface area contributed by atoms with Crippen LogP contribution in [-0.4, -0.2) is 29.7 Å². The molecule has 28 heavy (non-hydrogen) atoms. The molecule has 0 radical (unpaired) electrons. The quantitative estimate of drug-likeness (QED) is 0.618. The first-order valence-corrected chi connectivity index (χ1v) is 9.15. The number of hydrogen-bond donors (Lipinski definition) is 2. The molecule has 2 aromatic carbocycles. The number of rotatable bonds is 9. The van der Waals surface area contributed by atoms with Crippen molar-refractivity contribution in [1.82, 2.24) is 0 Å². The summed E-state index contributed by atoms with van der Waals surface area (Å²) >= 11 is 0. The fourth-order valence-corrected chi connectivity index (χ4v) is 2.41. The Labute approximate surface area is 164 Å². The van der Waals surface area contributed by atoms with Crippen LogP contribution in [0.1, 0.15) is 43.1 Å². The minimum Gasteiger partial charge on any atom is -0.491 e. The zero-order chi connectivity index (χ0) is 20.5. The van der Waals surface area contributed by atoms with Gasteiger partial charge in [0.25, 0.3) is 0 Å². The van der Waals surface area contributed by atoms with Gasteiger partial charge in [0, 0.05) is 6.08 Å². The van der Waals surface area contributed by atoms with E-state index < -0.39 is 5.97 Å². The largest absolute Gasteiger partial charge is 0.491 e. The van der Waals surface area contributed by atoms with Crippen molar-refractivity contribution in [3.8, 4) is 11.5 Å². The third-order valence-corrected chi connectivity index (χ3v) is 3.60. The van der Waals surface area contributed by atoms with Gasteiger partial charge in [0.2, 0.25) is 5.91 Å². The Morgan fingerprint density at radius 2 is 1.96 bits per heavy atom. The first-order chi connectivity index (χ1) is 13.4. The average Bonchev–Trinajstić information content (AvgIpc) is 2.65. The lowest BCUT2D eigenvalue weighted by Crippen LogP contribution is -2.11. The lowest BCUT2D eigenvalue weighted by Gasteiger charge is -2.12. The standard InChI is InChI=1S/C22H25NO5/c1-4-12-27-20-10-9-17(22(25)26)14-19(20)23-21(24)11-8-16-6-5-7-18(13-16)28-15(2)3/h5-11,13-15H,4,12H2,1-3H3,(H,23,24)(H,25,26)/b11-8+. The smallest absolute Gasteiger partial charge is 0.335 e. The second kappa shape index (κ2) is 10.2. The molecule has 0 unspecified atom stereocenters. The SMILES string of the molecule is CCCOc1ccc(C(=O)O)cc1NC(=O)/C=C/c1cccc(OC(C)C)c1. The summed E-state index contributed by atoms with van der Waals surface area (Å²) in [5.74, 6) is -0.308. The molecule has 148 valence electrons. The molecule has 0 aliphatic rings. The van der Waals surface area contributed by atoms with Gasteiger partial charge in [0.05, 0.1) is 24.0 Å². The predicted octanol–water partition coefficient (Wildman–Crippen LogP) is 4.61. The van der Waals surface area contributed by atoms with E-state index >= 15 is 0 Å². The normalized spacial score (nSPS) is 10.9. The van der Waals surface area contributed by atoms with E-state index in [9.17, 15) is 14.7 Å². The molecular formula is C22H25NO5. The van der Waals surface area contributed by atoms with Crippen molar-refractivity contribution in [1.29, 1.82) is 0 Å². The zero-order valence-electron chi connectivity index (χ0n) is 16.3. The molecule has 6 heteroatoms. The van der Waals surface area contributed by atoms with Crippen molar-refractivity contribution in [2.45, 2.75) is 33.3 Å². The van der Waals surface area contributed by atoms with Crippen molar-refractivity contribution < 1.29 is 24.2 Å². The number of ether oxygens (including phenoxy) is 2. The fourth-order valence-electron chi connectivity index (χ4n) is 2.41. The van der Waals surface area contributed by atoms with Gasteiger partial charge in [-0.05, 0) is 62.2 Å². The number of benzene rings is 2. The van der Waals surface area contributed by atoms with Gasteiger partial charge in [-0.1, -0.05) is 19.1 Å². The van der Waals surface area contributed by atoms with Crippen LogP contribution in [0.15, 0.2) is 48.5 Å². The van der Waals surface area contributed by atoms with Crippen LogP contribution in [0.25, 0.3) is 6.08 Å². The van der Waals surface area contributed by atoms with Crippen LogP contribution in [-0.2, 0) is 4.79 Å². The Morgan fingerprint density at radius 1 is 1.18 bits per heavy atom. The molecule has 0 saturated carbocycles. The summed E-state index contributed by atoms with van der Waals surface area (Å²) in [4.78, 5) is 23.5. The molecule has 2 rings (SSSR count). The van der Waals surface area contributed by atoms with Gasteiger partial charge >= 0.3 is 5.97 Å². The Morgan fingerprint density at radius 3 is 2.64 bits per heavy atom. The molecular weight excluding hydrogens is 358 g/mol. The van der Waals surface area contributed by atoms with Crippen LogP contribution in [0, 0.1) is 0 Å². The Hall–Kier alpha value is -3.28. The van der Waals surface area contributed by atoms with Crippen LogP contribution >= 0.6 is 0 Å². The molecule has 0 saturated heterocycles. The highest BCUT2D eigenvalue weighted by Crippen LogP contribution is 2.26. The van der Waals surface area contributed by atoms with Gasteiger partial charge in [-0.25, -0.2) is 4.79 Å². The number of aromatic carboxylic acids is 1. The Kier molecular flexibility index (Phi) is 7.63. The summed E-state index contributed by atoms with van der Waals surface area (Å²) < 4.78 is 11.2. The Balaban J connectivity index is 2.14. The highest BCUT2D eigenvalue weighted by atomic mass is 16.5. The molecule has 0 fully saturated rings. The van der Waals surface area contributed by atoms with E-state index in [0.29, 0.717) is 18.0 Å². The highest BCUT2D eigenvalue weighted by molar-refractivity contribution is 6.03. The minimum absolute atomic E-state index is 0.0607. The number of hydrogen-bond acceptors (Lipinski definition) is 4. The van der Waals surface area contributed by atoms with Gasteiger partial charge in [-0.2, -0.15) is 0 Å². The van der Waals surface area contributed by atoms with Crippen LogP contribution in [0.2, 0.25) is 0 Å². The summed E-state index contributed by atoms with van der Waals surface area (Å²) in [7, 11) is 0. The summed E-state index contributed by atoms with van der Waals surface area (Å²) in [6, 6.07) is 11.8. The van der Waals surface area contributed by atoms with E-state index in [1.165, 1.54) is 18.2 Å². The van der Waals surface area contributed by atoms with Crippen LogP contribution in [0.5, 0.6) is 11.5 Å². The van der Waals surface area contributed by atoms with Crippen molar-refractivity contribution in [2.75, 3.05) is 11.9 Å². The lowest BCUT2D eigenvalue weighted by molar-refractivity contribution is -0.111. The molecule has 0 atom stereocenters. The maximum atomic E-state index is 12.3. The molecule has 0 aliphatic heterocycles. The first kappa shape index (κ1) is 21.0. The molecule has 2 N–H and O–H groups in total. The van der Waals surface area contributed by atoms with Crippen LogP contribution in [0.3, 0.4) is 0 Å². The molecule has 0 aliphatic carbocycles. The number of anilines is 1. The summed E-state index contributed by atoms with van der Waals surface area (Å²) in [6.45, 7) is 6.32. The van der Waals surface area contributed by atoms with Gasteiger partial charge in [0.15, 0.2) is 0 Å². The van der Waals surface area contributed by atoms with Crippen molar-refractivity contribution in [3.05, 3.63) is 59.7 Å². The molecule has 0 heterocycles. The van der Waals surface area contributed by atoms with E-state index in [2.05, 4.69) is 5.32 Å². The molecule has 1 amide bonds. The number of carbonyl (C=O) groups is 2. The summed E-state index contributed by atoms with van der Waals surface area (Å²) in [6.07, 6.45) is 3.90. The second-order valence-corrected chi connectivity index (χ2v) is 6.43. The van der Waals surface area contributed by atoms with Crippen molar-refractivity contribution >= 4 is 23.6 Å². The van der Waals surface area contributed by atoms with E-state index in [0.717, 1.165) is 17.7 Å². The first-order valence-electron chi connectivity index (χ1n) is 9.15. The van der Waals surface area contributed by atoms with E-state index in [4.69, 9.17) is 9.47 Å². The van der Waals surface area contributed by atoms with Crippen LogP contribution < -0.4 is 14.8 Å². The maximum Gasteiger partial charge on any atom is 0.335 e. The molecule has 0 bridgehead atoms. The lowest BCUT2D eigenvalue weighted by atomic mass is 10.1.